The van der Waals surface area contributed by atoms with E-state index in [9.17, 15) is 13.2 Å². The highest BCUT2D eigenvalue weighted by Crippen LogP contribution is 2.32. The number of halogens is 1. The topological polar surface area (TPSA) is 82.1 Å². The number of anilines is 1. The third-order valence-electron chi connectivity index (χ3n) is 4.47. The Morgan fingerprint density at radius 3 is 1.97 bits per heavy atom. The van der Waals surface area contributed by atoms with Crippen molar-refractivity contribution in [3.05, 3.63) is 77.3 Å². The molecular formula is C22H20ClNO6S. The van der Waals surface area contributed by atoms with Gasteiger partial charge in [0, 0.05) is 10.6 Å². The summed E-state index contributed by atoms with van der Waals surface area (Å²) >= 11 is 5.90. The number of ether oxygens (including phenoxy) is 3. The van der Waals surface area contributed by atoms with Gasteiger partial charge in [0.25, 0.3) is 15.9 Å². The zero-order chi connectivity index (χ0) is 22.6. The third kappa shape index (κ3) is 4.60. The molecule has 7 nitrogen and oxygen atoms in total. The summed E-state index contributed by atoms with van der Waals surface area (Å²) in [6.45, 7) is 0. The first-order valence-electron chi connectivity index (χ1n) is 9.03. The van der Waals surface area contributed by atoms with Crippen molar-refractivity contribution in [2.45, 2.75) is 4.90 Å². The maximum Gasteiger partial charge on any atom is 0.272 e. The fraction of sp³-hybridized carbons (Fsp3) is 0.136. The molecule has 0 N–H and O–H groups in total. The summed E-state index contributed by atoms with van der Waals surface area (Å²) in [6, 6.07) is 16.1. The van der Waals surface area contributed by atoms with Crippen molar-refractivity contribution in [3.63, 3.8) is 0 Å². The molecule has 0 fully saturated rings. The Morgan fingerprint density at radius 2 is 1.42 bits per heavy atom. The number of methoxy groups -OCH3 is 3. The largest absolute Gasteiger partial charge is 0.497 e. The number of hydrogen-bond donors (Lipinski definition) is 0. The van der Waals surface area contributed by atoms with E-state index >= 15 is 0 Å². The summed E-state index contributed by atoms with van der Waals surface area (Å²) < 4.78 is 43.2. The molecule has 0 atom stereocenters. The van der Waals surface area contributed by atoms with Gasteiger partial charge < -0.3 is 14.2 Å². The van der Waals surface area contributed by atoms with Gasteiger partial charge in [0.1, 0.15) is 5.75 Å². The van der Waals surface area contributed by atoms with E-state index in [-0.39, 0.29) is 16.1 Å². The summed E-state index contributed by atoms with van der Waals surface area (Å²) in [4.78, 5) is 13.4. The molecule has 0 aromatic heterocycles. The van der Waals surface area contributed by atoms with Crippen molar-refractivity contribution < 1.29 is 27.4 Å². The molecule has 0 saturated heterocycles. The van der Waals surface area contributed by atoms with E-state index in [4.69, 9.17) is 25.8 Å². The maximum atomic E-state index is 13.5. The molecule has 0 unspecified atom stereocenters. The Bertz CT molecular complexity index is 1180. The van der Waals surface area contributed by atoms with Gasteiger partial charge in [-0.15, -0.1) is 0 Å². The Hall–Kier alpha value is -3.23. The highest BCUT2D eigenvalue weighted by molar-refractivity contribution is 7.93. The van der Waals surface area contributed by atoms with Crippen LogP contribution in [-0.2, 0) is 10.0 Å². The number of nitrogens with zero attached hydrogens (tertiary/aromatic N) is 1. The van der Waals surface area contributed by atoms with E-state index in [1.165, 1.54) is 75.9 Å². The van der Waals surface area contributed by atoms with Crippen LogP contribution in [0.5, 0.6) is 17.2 Å². The predicted octanol–water partition coefficient (Wildman–Crippen LogP) is 4.40. The second-order valence-electron chi connectivity index (χ2n) is 6.30. The molecule has 9 heteroatoms. The monoisotopic (exact) mass is 461 g/mol. The lowest BCUT2D eigenvalue weighted by Gasteiger charge is -2.23. The van der Waals surface area contributed by atoms with Crippen LogP contribution in [0, 0.1) is 0 Å². The van der Waals surface area contributed by atoms with Gasteiger partial charge >= 0.3 is 0 Å². The molecule has 3 rings (SSSR count). The van der Waals surface area contributed by atoms with Gasteiger partial charge in [-0.3, -0.25) is 4.79 Å². The SMILES string of the molecule is COc1ccc(N(C(=O)c2ccc(OC)c(OC)c2)S(=O)(=O)c2ccc(Cl)cc2)cc1. The first-order valence-corrected chi connectivity index (χ1v) is 10.8. The second-order valence-corrected chi connectivity index (χ2v) is 8.52. The minimum atomic E-state index is -4.26. The summed E-state index contributed by atoms with van der Waals surface area (Å²) in [5.74, 6) is 0.467. The Balaban J connectivity index is 2.15. The van der Waals surface area contributed by atoms with Crippen molar-refractivity contribution in [1.82, 2.24) is 0 Å². The van der Waals surface area contributed by atoms with Gasteiger partial charge in [0.2, 0.25) is 0 Å². The third-order valence-corrected chi connectivity index (χ3v) is 6.45. The Kier molecular flexibility index (Phi) is 6.72. The van der Waals surface area contributed by atoms with Crippen molar-refractivity contribution in [3.8, 4) is 17.2 Å². The van der Waals surface area contributed by atoms with E-state index in [0.717, 1.165) is 4.31 Å². The van der Waals surface area contributed by atoms with Crippen LogP contribution in [0.2, 0.25) is 5.02 Å². The first kappa shape index (κ1) is 22.5. The molecule has 0 bridgehead atoms. The molecule has 0 spiro atoms. The summed E-state index contributed by atoms with van der Waals surface area (Å²) in [7, 11) is 0.126. The Morgan fingerprint density at radius 1 is 0.806 bits per heavy atom. The molecule has 0 radical (unpaired) electrons. The average Bonchev–Trinajstić information content (AvgIpc) is 2.79. The van der Waals surface area contributed by atoms with Crippen LogP contribution < -0.4 is 18.5 Å². The van der Waals surface area contributed by atoms with Crippen LogP contribution in [0.1, 0.15) is 10.4 Å². The van der Waals surface area contributed by atoms with Crippen LogP contribution in [0.15, 0.2) is 71.6 Å². The quantitative estimate of drug-likeness (QED) is 0.518. The lowest BCUT2D eigenvalue weighted by atomic mass is 10.2. The molecule has 3 aromatic rings. The van der Waals surface area contributed by atoms with Gasteiger partial charge in [-0.25, -0.2) is 8.42 Å². The number of amides is 1. The Labute approximate surface area is 185 Å². The number of sulfonamides is 1. The first-order chi connectivity index (χ1) is 14.8. The summed E-state index contributed by atoms with van der Waals surface area (Å²) in [6.07, 6.45) is 0. The van der Waals surface area contributed by atoms with Gasteiger partial charge in [-0.05, 0) is 66.7 Å². The van der Waals surface area contributed by atoms with Crippen LogP contribution in [-0.4, -0.2) is 35.7 Å². The summed E-state index contributed by atoms with van der Waals surface area (Å²) in [5, 5.41) is 0.376. The highest BCUT2D eigenvalue weighted by Gasteiger charge is 2.32. The zero-order valence-electron chi connectivity index (χ0n) is 17.0. The predicted molar refractivity (Wildman–Crippen MR) is 118 cm³/mol. The maximum absolute atomic E-state index is 13.5. The second kappa shape index (κ2) is 9.28. The van der Waals surface area contributed by atoms with Gasteiger partial charge in [-0.1, -0.05) is 11.6 Å². The molecule has 162 valence electrons. The molecule has 1 amide bonds. The average molecular weight is 462 g/mol. The smallest absolute Gasteiger partial charge is 0.272 e. The molecule has 0 aliphatic carbocycles. The van der Waals surface area contributed by atoms with Gasteiger partial charge in [0.15, 0.2) is 11.5 Å². The normalized spacial score (nSPS) is 11.0. The molecule has 3 aromatic carbocycles. The minimum Gasteiger partial charge on any atom is -0.497 e. The van der Waals surface area contributed by atoms with Gasteiger partial charge in [-0.2, -0.15) is 4.31 Å². The number of carbonyl (C=O) groups is 1. The van der Waals surface area contributed by atoms with Crippen molar-refractivity contribution in [2.75, 3.05) is 25.6 Å². The number of hydrogen-bond acceptors (Lipinski definition) is 6. The van der Waals surface area contributed by atoms with Crippen LogP contribution >= 0.6 is 11.6 Å². The lowest BCUT2D eigenvalue weighted by Crippen LogP contribution is -2.37. The highest BCUT2D eigenvalue weighted by atomic mass is 35.5. The fourth-order valence-corrected chi connectivity index (χ4v) is 4.42. The molecule has 0 heterocycles. The number of benzene rings is 3. The molecule has 0 aliphatic heterocycles. The van der Waals surface area contributed by atoms with E-state index < -0.39 is 15.9 Å². The summed E-state index contributed by atoms with van der Waals surface area (Å²) in [5.41, 5.74) is 0.251. The van der Waals surface area contributed by atoms with Crippen molar-refractivity contribution >= 4 is 33.2 Å². The van der Waals surface area contributed by atoms with E-state index in [1.807, 2.05) is 0 Å². The lowest BCUT2D eigenvalue weighted by molar-refractivity contribution is 0.100. The van der Waals surface area contributed by atoms with Crippen molar-refractivity contribution in [1.29, 1.82) is 0 Å². The standard InChI is InChI=1S/C22H20ClNO6S/c1-28-18-9-7-17(8-10-18)24(31(26,27)19-11-5-16(23)6-12-19)22(25)15-4-13-20(29-2)21(14-15)30-3/h4-14H,1-3H3. The molecule has 0 aliphatic rings. The number of carbonyl (C=O) groups excluding carboxylic acids is 1. The minimum absolute atomic E-state index is 0.0819. The van der Waals surface area contributed by atoms with Crippen LogP contribution in [0.3, 0.4) is 0 Å². The fourth-order valence-electron chi connectivity index (χ4n) is 2.88. The van der Waals surface area contributed by atoms with Gasteiger partial charge in [0.05, 0.1) is 31.9 Å². The van der Waals surface area contributed by atoms with Crippen molar-refractivity contribution in [2.24, 2.45) is 0 Å². The zero-order valence-corrected chi connectivity index (χ0v) is 18.6. The molecule has 31 heavy (non-hydrogen) atoms. The number of rotatable bonds is 7. The van der Waals surface area contributed by atoms with E-state index in [1.54, 1.807) is 12.1 Å². The van der Waals surface area contributed by atoms with Crippen LogP contribution in [0.4, 0.5) is 5.69 Å². The van der Waals surface area contributed by atoms with E-state index in [0.29, 0.717) is 22.3 Å². The van der Waals surface area contributed by atoms with E-state index in [2.05, 4.69) is 0 Å². The molecule has 0 saturated carbocycles. The molecular weight excluding hydrogens is 442 g/mol. The van der Waals surface area contributed by atoms with Crippen LogP contribution in [0.25, 0.3) is 0 Å².